The number of hydrogen-bond acceptors (Lipinski definition) is 1. The van der Waals surface area contributed by atoms with E-state index in [9.17, 15) is 5.11 Å². The Labute approximate surface area is 69.1 Å². The first-order chi connectivity index (χ1) is 5.39. The fraction of sp³-hybridized carbons (Fsp3) is 0.800. The van der Waals surface area contributed by atoms with E-state index in [4.69, 9.17) is 0 Å². The van der Waals surface area contributed by atoms with E-state index in [0.717, 1.165) is 12.8 Å². The summed E-state index contributed by atoms with van der Waals surface area (Å²) in [6.45, 7) is 0. The van der Waals surface area contributed by atoms with E-state index in [0.29, 0.717) is 0 Å². The minimum Gasteiger partial charge on any atom is -0.389 e. The van der Waals surface area contributed by atoms with Crippen LogP contribution in [0.2, 0.25) is 0 Å². The molecule has 0 bridgehead atoms. The Morgan fingerprint density at radius 2 is 1.73 bits per heavy atom. The Kier molecular flexibility index (Phi) is 4.29. The number of aliphatic hydroxyl groups excluding tert-OH is 1. The highest BCUT2D eigenvalue weighted by atomic mass is 16.3. The zero-order valence-corrected chi connectivity index (χ0v) is 7.13. The van der Waals surface area contributed by atoms with Crippen molar-refractivity contribution in [3.05, 3.63) is 12.2 Å². The van der Waals surface area contributed by atoms with E-state index in [1.165, 1.54) is 32.1 Å². The molecule has 1 heteroatoms. The first-order valence-electron chi connectivity index (χ1n) is 4.74. The van der Waals surface area contributed by atoms with Gasteiger partial charge >= 0.3 is 0 Å². The third-order valence-electron chi connectivity index (χ3n) is 2.23. The molecule has 0 saturated heterocycles. The quantitative estimate of drug-likeness (QED) is 0.532. The van der Waals surface area contributed by atoms with Gasteiger partial charge in [0.05, 0.1) is 6.10 Å². The molecular weight excluding hydrogens is 136 g/mol. The van der Waals surface area contributed by atoms with Gasteiger partial charge in [0, 0.05) is 0 Å². The summed E-state index contributed by atoms with van der Waals surface area (Å²) in [5, 5.41) is 9.34. The maximum Gasteiger partial charge on any atom is 0.0720 e. The molecule has 0 spiro atoms. The van der Waals surface area contributed by atoms with Gasteiger partial charge in [0.1, 0.15) is 0 Å². The molecule has 1 rings (SSSR count). The van der Waals surface area contributed by atoms with Crippen molar-refractivity contribution in [2.75, 3.05) is 0 Å². The van der Waals surface area contributed by atoms with E-state index in [-0.39, 0.29) is 6.10 Å². The van der Waals surface area contributed by atoms with E-state index in [1.54, 1.807) is 0 Å². The summed E-state index contributed by atoms with van der Waals surface area (Å²) in [5.74, 6) is 0. The van der Waals surface area contributed by atoms with Gasteiger partial charge in [-0.3, -0.25) is 0 Å². The maximum atomic E-state index is 9.34. The average Bonchev–Trinajstić information content (AvgIpc) is 2.03. The van der Waals surface area contributed by atoms with Crippen molar-refractivity contribution >= 4 is 0 Å². The van der Waals surface area contributed by atoms with E-state index in [1.807, 2.05) is 6.08 Å². The van der Waals surface area contributed by atoms with Gasteiger partial charge in [-0.15, -0.1) is 0 Å². The summed E-state index contributed by atoms with van der Waals surface area (Å²) in [6.07, 6.45) is 12.5. The van der Waals surface area contributed by atoms with Crippen molar-refractivity contribution in [2.45, 2.75) is 51.0 Å². The van der Waals surface area contributed by atoms with Crippen molar-refractivity contribution in [1.82, 2.24) is 0 Å². The number of allylic oxidation sites excluding steroid dienone is 1. The molecule has 0 heterocycles. The van der Waals surface area contributed by atoms with Gasteiger partial charge in [-0.1, -0.05) is 37.8 Å². The molecule has 0 aromatic carbocycles. The molecule has 1 aliphatic rings. The number of hydrogen-bond donors (Lipinski definition) is 1. The Balaban J connectivity index is 2.26. The van der Waals surface area contributed by atoms with Crippen LogP contribution in [-0.2, 0) is 0 Å². The van der Waals surface area contributed by atoms with Crippen molar-refractivity contribution in [1.29, 1.82) is 0 Å². The standard InChI is InChI=1S/C10H18O/c11-10-8-6-4-2-1-3-5-7-9-10/h6,8,10-11H,1-5,7,9H2. The lowest BCUT2D eigenvalue weighted by atomic mass is 10.0. The van der Waals surface area contributed by atoms with Crippen molar-refractivity contribution in [3.63, 3.8) is 0 Å². The van der Waals surface area contributed by atoms with Crippen LogP contribution >= 0.6 is 0 Å². The number of aliphatic hydroxyl groups is 1. The SMILES string of the molecule is OC1C=CCCCCCCC1. The summed E-state index contributed by atoms with van der Waals surface area (Å²) in [6, 6.07) is 0. The Hall–Kier alpha value is -0.300. The molecule has 64 valence electrons. The molecule has 1 atom stereocenters. The van der Waals surface area contributed by atoms with Gasteiger partial charge < -0.3 is 5.11 Å². The maximum absolute atomic E-state index is 9.34. The lowest BCUT2D eigenvalue weighted by Crippen LogP contribution is -2.02. The smallest absolute Gasteiger partial charge is 0.0720 e. The van der Waals surface area contributed by atoms with Gasteiger partial charge in [-0.25, -0.2) is 0 Å². The molecule has 0 aromatic rings. The second-order valence-corrected chi connectivity index (χ2v) is 3.34. The third kappa shape index (κ3) is 4.20. The molecule has 0 radical (unpaired) electrons. The third-order valence-corrected chi connectivity index (χ3v) is 2.23. The predicted molar refractivity (Wildman–Crippen MR) is 47.5 cm³/mol. The lowest BCUT2D eigenvalue weighted by molar-refractivity contribution is 0.207. The summed E-state index contributed by atoms with van der Waals surface area (Å²) in [4.78, 5) is 0. The molecule has 1 N–H and O–H groups in total. The molecule has 0 fully saturated rings. The molecule has 0 amide bonds. The summed E-state index contributed by atoms with van der Waals surface area (Å²) < 4.78 is 0. The van der Waals surface area contributed by atoms with Gasteiger partial charge in [0.2, 0.25) is 0 Å². The van der Waals surface area contributed by atoms with Gasteiger partial charge in [-0.05, 0) is 19.3 Å². The summed E-state index contributed by atoms with van der Waals surface area (Å²) in [5.41, 5.74) is 0. The van der Waals surface area contributed by atoms with Crippen LogP contribution in [0.1, 0.15) is 44.9 Å². The van der Waals surface area contributed by atoms with Crippen molar-refractivity contribution in [3.8, 4) is 0 Å². The van der Waals surface area contributed by atoms with Crippen LogP contribution in [0.3, 0.4) is 0 Å². The Bertz CT molecular complexity index is 118. The highest BCUT2D eigenvalue weighted by molar-refractivity contribution is 4.88. The lowest BCUT2D eigenvalue weighted by Gasteiger charge is -2.07. The minimum atomic E-state index is -0.173. The second kappa shape index (κ2) is 5.36. The number of rotatable bonds is 0. The molecule has 0 aliphatic heterocycles. The minimum absolute atomic E-state index is 0.173. The predicted octanol–water partition coefficient (Wildman–Crippen LogP) is 2.65. The van der Waals surface area contributed by atoms with E-state index >= 15 is 0 Å². The molecule has 11 heavy (non-hydrogen) atoms. The zero-order valence-electron chi connectivity index (χ0n) is 7.13. The van der Waals surface area contributed by atoms with Crippen LogP contribution in [0.25, 0.3) is 0 Å². The Morgan fingerprint density at radius 1 is 1.00 bits per heavy atom. The van der Waals surface area contributed by atoms with Gasteiger partial charge in [-0.2, -0.15) is 0 Å². The summed E-state index contributed by atoms with van der Waals surface area (Å²) in [7, 11) is 0. The van der Waals surface area contributed by atoms with E-state index in [2.05, 4.69) is 6.08 Å². The molecule has 1 aliphatic carbocycles. The second-order valence-electron chi connectivity index (χ2n) is 3.34. The van der Waals surface area contributed by atoms with Crippen LogP contribution in [0.4, 0.5) is 0 Å². The van der Waals surface area contributed by atoms with E-state index < -0.39 is 0 Å². The van der Waals surface area contributed by atoms with Gasteiger partial charge in [0.25, 0.3) is 0 Å². The van der Waals surface area contributed by atoms with Crippen LogP contribution in [0, 0.1) is 0 Å². The monoisotopic (exact) mass is 154 g/mol. The molecule has 0 saturated carbocycles. The largest absolute Gasteiger partial charge is 0.389 e. The van der Waals surface area contributed by atoms with Crippen molar-refractivity contribution in [2.24, 2.45) is 0 Å². The first kappa shape index (κ1) is 8.79. The summed E-state index contributed by atoms with van der Waals surface area (Å²) >= 11 is 0. The Morgan fingerprint density at radius 3 is 2.64 bits per heavy atom. The normalized spacial score (nSPS) is 28.3. The first-order valence-corrected chi connectivity index (χ1v) is 4.74. The fourth-order valence-electron chi connectivity index (χ4n) is 1.50. The molecule has 0 aromatic heterocycles. The van der Waals surface area contributed by atoms with Crippen LogP contribution in [0.5, 0.6) is 0 Å². The van der Waals surface area contributed by atoms with Gasteiger partial charge in [0.15, 0.2) is 0 Å². The molecule has 1 unspecified atom stereocenters. The highest BCUT2D eigenvalue weighted by Crippen LogP contribution is 2.12. The van der Waals surface area contributed by atoms with Crippen molar-refractivity contribution < 1.29 is 5.11 Å². The fourth-order valence-corrected chi connectivity index (χ4v) is 1.50. The van der Waals surface area contributed by atoms with Crippen LogP contribution < -0.4 is 0 Å². The molecular formula is C10H18O. The van der Waals surface area contributed by atoms with Crippen LogP contribution in [0.15, 0.2) is 12.2 Å². The topological polar surface area (TPSA) is 20.2 Å². The average molecular weight is 154 g/mol. The van der Waals surface area contributed by atoms with Crippen LogP contribution in [-0.4, -0.2) is 11.2 Å². The zero-order chi connectivity index (χ0) is 7.94. The molecule has 1 nitrogen and oxygen atoms in total. The highest BCUT2D eigenvalue weighted by Gasteiger charge is 1.99.